The van der Waals surface area contributed by atoms with Gasteiger partial charge in [0.25, 0.3) is 0 Å². The van der Waals surface area contributed by atoms with Crippen LogP contribution in [0.1, 0.15) is 86.5 Å². The predicted octanol–water partition coefficient (Wildman–Crippen LogP) is 15.9. The summed E-state index contributed by atoms with van der Waals surface area (Å²) in [5.74, 6) is 6.76. The molecule has 1 heteroatoms. The molecule has 1 nitrogen and oxygen atoms in total. The van der Waals surface area contributed by atoms with Gasteiger partial charge in [-0.25, -0.2) is 0 Å². The molecule has 10 aliphatic rings. The number of hydrogen-bond acceptors (Lipinski definition) is 1. The van der Waals surface area contributed by atoms with Crippen molar-refractivity contribution >= 4 is 17.1 Å². The summed E-state index contributed by atoms with van der Waals surface area (Å²) in [7, 11) is 0. The molecule has 8 bridgehead atoms. The molecule has 7 aromatic rings. The number of benzene rings is 7. The van der Waals surface area contributed by atoms with Gasteiger partial charge < -0.3 is 4.90 Å². The standard InChI is InChI=1S/C62H55N/c1-3-11-42(12-4-1)51-22-19-48(35-54(51)43-13-5-2-6-14-43)63(49-20-23-59-55(36-49)52-15-7-9-17-57(52)61(59)44-27-38-25-39(29-44)30-45(61)28-38)50-21-24-60-56(37-50)53-16-8-10-18-58(53)62(60)46-31-40-26-41(33-46)34-47(62)32-40/h1-24,35-41,44-47H,25-34H2. The molecule has 7 aromatic carbocycles. The number of nitrogens with zero attached hydrogens (tertiary/aromatic N) is 1. The van der Waals surface area contributed by atoms with Gasteiger partial charge in [0.15, 0.2) is 0 Å². The number of hydrogen-bond donors (Lipinski definition) is 0. The maximum atomic E-state index is 2.62. The summed E-state index contributed by atoms with van der Waals surface area (Å²) in [6.07, 6.45) is 14.2. The molecule has 0 atom stereocenters. The maximum Gasteiger partial charge on any atom is 0.0468 e. The normalized spacial score (nSPS) is 31.6. The van der Waals surface area contributed by atoms with Gasteiger partial charge in [-0.15, -0.1) is 0 Å². The summed E-state index contributed by atoms with van der Waals surface area (Å²) >= 11 is 0. The average molecular weight is 814 g/mol. The molecule has 0 amide bonds. The lowest BCUT2D eigenvalue weighted by molar-refractivity contribution is -0.0399. The van der Waals surface area contributed by atoms with Crippen LogP contribution in [0.15, 0.2) is 164 Å². The molecule has 0 aliphatic heterocycles. The first kappa shape index (κ1) is 35.8. The van der Waals surface area contributed by atoms with Crippen LogP contribution in [0.2, 0.25) is 0 Å². The van der Waals surface area contributed by atoms with E-state index in [1.807, 2.05) is 0 Å². The largest absolute Gasteiger partial charge is 0.310 e. The van der Waals surface area contributed by atoms with Crippen LogP contribution in [0.5, 0.6) is 0 Å². The number of anilines is 3. The van der Waals surface area contributed by atoms with E-state index in [1.165, 1.54) is 126 Å². The molecule has 17 rings (SSSR count). The maximum absolute atomic E-state index is 2.62. The quantitative estimate of drug-likeness (QED) is 0.167. The van der Waals surface area contributed by atoms with E-state index in [0.717, 1.165) is 47.3 Å². The second kappa shape index (κ2) is 13.0. The third-order valence-electron chi connectivity index (χ3n) is 19.0. The van der Waals surface area contributed by atoms with Crippen molar-refractivity contribution in [2.24, 2.45) is 47.3 Å². The van der Waals surface area contributed by atoms with Gasteiger partial charge in [-0.1, -0.05) is 127 Å². The van der Waals surface area contributed by atoms with Crippen molar-refractivity contribution in [3.63, 3.8) is 0 Å². The summed E-state index contributed by atoms with van der Waals surface area (Å²) in [4.78, 5) is 2.62. The molecule has 0 radical (unpaired) electrons. The van der Waals surface area contributed by atoms with Crippen LogP contribution in [0, 0.1) is 47.3 Å². The molecule has 308 valence electrons. The van der Waals surface area contributed by atoms with Crippen molar-refractivity contribution in [1.82, 2.24) is 0 Å². The molecular formula is C62H55N. The lowest BCUT2D eigenvalue weighted by Crippen LogP contribution is -2.55. The van der Waals surface area contributed by atoms with E-state index in [4.69, 9.17) is 0 Å². The van der Waals surface area contributed by atoms with E-state index < -0.39 is 0 Å². The fraction of sp³-hybridized carbons (Fsp3) is 0.323. The van der Waals surface area contributed by atoms with Crippen molar-refractivity contribution in [3.05, 3.63) is 186 Å². The molecule has 0 aromatic heterocycles. The number of fused-ring (bicyclic) bond motifs is 6. The highest BCUT2D eigenvalue weighted by Gasteiger charge is 2.63. The van der Waals surface area contributed by atoms with Gasteiger partial charge in [0.2, 0.25) is 0 Å². The third-order valence-corrected chi connectivity index (χ3v) is 19.0. The zero-order chi connectivity index (χ0) is 41.0. The second-order valence-electron chi connectivity index (χ2n) is 21.7. The fourth-order valence-corrected chi connectivity index (χ4v) is 17.4. The van der Waals surface area contributed by atoms with Crippen LogP contribution < -0.4 is 4.90 Å². The smallest absolute Gasteiger partial charge is 0.0468 e. The van der Waals surface area contributed by atoms with Gasteiger partial charge in [-0.2, -0.15) is 0 Å². The summed E-state index contributed by atoms with van der Waals surface area (Å²) in [6, 6.07) is 64.1. The SMILES string of the molecule is c1ccc(-c2ccc(N(c3ccc4c(c3)-c3ccccc3C43C4CC5CC(C4)CC3C5)c3ccc4c(c3)-c3ccccc3C43C4CC5CC(C4)CC3C5)cc2-c2ccccc2)cc1. The molecular weight excluding hydrogens is 759 g/mol. The molecule has 8 saturated carbocycles. The Labute approximate surface area is 373 Å². The first-order chi connectivity index (χ1) is 31.1. The Morgan fingerprint density at radius 1 is 0.286 bits per heavy atom. The summed E-state index contributed by atoms with van der Waals surface area (Å²) in [5, 5.41) is 0. The van der Waals surface area contributed by atoms with E-state index in [9.17, 15) is 0 Å². The Hall–Kier alpha value is -5.66. The molecule has 63 heavy (non-hydrogen) atoms. The molecule has 0 unspecified atom stereocenters. The first-order valence-electron chi connectivity index (χ1n) is 24.7. The van der Waals surface area contributed by atoms with Crippen molar-refractivity contribution in [3.8, 4) is 44.5 Å². The van der Waals surface area contributed by atoms with Crippen molar-refractivity contribution < 1.29 is 0 Å². The van der Waals surface area contributed by atoms with Gasteiger partial charge in [0, 0.05) is 27.9 Å². The minimum Gasteiger partial charge on any atom is -0.310 e. The molecule has 8 fully saturated rings. The minimum absolute atomic E-state index is 0.158. The molecule has 0 heterocycles. The Morgan fingerprint density at radius 3 is 1.08 bits per heavy atom. The second-order valence-corrected chi connectivity index (χ2v) is 21.7. The zero-order valence-corrected chi connectivity index (χ0v) is 36.2. The molecule has 10 aliphatic carbocycles. The van der Waals surface area contributed by atoms with Gasteiger partial charge in [-0.3, -0.25) is 0 Å². The lowest BCUT2D eigenvalue weighted by atomic mass is 9.43. The van der Waals surface area contributed by atoms with Crippen LogP contribution >= 0.6 is 0 Å². The van der Waals surface area contributed by atoms with Crippen molar-refractivity contribution in [1.29, 1.82) is 0 Å². The Bertz CT molecular complexity index is 2790. The predicted molar refractivity (Wildman–Crippen MR) is 259 cm³/mol. The third kappa shape index (κ3) is 4.74. The van der Waals surface area contributed by atoms with E-state index in [2.05, 4.69) is 169 Å². The van der Waals surface area contributed by atoms with Crippen LogP contribution in [-0.2, 0) is 10.8 Å². The van der Waals surface area contributed by atoms with E-state index in [1.54, 1.807) is 22.3 Å². The summed E-state index contributed by atoms with van der Waals surface area (Å²) in [5.41, 5.74) is 21.5. The van der Waals surface area contributed by atoms with Gasteiger partial charge in [0.1, 0.15) is 0 Å². The van der Waals surface area contributed by atoms with Crippen LogP contribution in [0.25, 0.3) is 44.5 Å². The Kier molecular flexibility index (Phi) is 7.36. The van der Waals surface area contributed by atoms with E-state index >= 15 is 0 Å². The molecule has 2 spiro atoms. The van der Waals surface area contributed by atoms with Crippen molar-refractivity contribution in [2.75, 3.05) is 4.90 Å². The topological polar surface area (TPSA) is 3.24 Å². The van der Waals surface area contributed by atoms with E-state index in [0.29, 0.717) is 0 Å². The van der Waals surface area contributed by atoms with E-state index in [-0.39, 0.29) is 10.8 Å². The highest BCUT2D eigenvalue weighted by Crippen LogP contribution is 2.71. The zero-order valence-electron chi connectivity index (χ0n) is 36.2. The minimum atomic E-state index is 0.158. The van der Waals surface area contributed by atoms with Crippen LogP contribution in [0.3, 0.4) is 0 Å². The van der Waals surface area contributed by atoms with Gasteiger partial charge in [-0.05, 0) is 215 Å². The van der Waals surface area contributed by atoms with Crippen LogP contribution in [0.4, 0.5) is 17.1 Å². The summed E-state index contributed by atoms with van der Waals surface area (Å²) in [6.45, 7) is 0. The Balaban J connectivity index is 0.948. The van der Waals surface area contributed by atoms with Gasteiger partial charge >= 0.3 is 0 Å². The molecule has 0 N–H and O–H groups in total. The fourth-order valence-electron chi connectivity index (χ4n) is 17.4. The monoisotopic (exact) mass is 813 g/mol. The van der Waals surface area contributed by atoms with Gasteiger partial charge in [0.05, 0.1) is 0 Å². The molecule has 0 saturated heterocycles. The van der Waals surface area contributed by atoms with Crippen LogP contribution in [-0.4, -0.2) is 0 Å². The summed E-state index contributed by atoms with van der Waals surface area (Å²) < 4.78 is 0. The highest BCUT2D eigenvalue weighted by molar-refractivity contribution is 5.93. The van der Waals surface area contributed by atoms with Crippen molar-refractivity contribution in [2.45, 2.75) is 75.0 Å². The lowest BCUT2D eigenvalue weighted by Gasteiger charge is -2.61. The number of rotatable bonds is 5. The highest BCUT2D eigenvalue weighted by atomic mass is 15.1. The first-order valence-corrected chi connectivity index (χ1v) is 24.7. The Morgan fingerprint density at radius 2 is 0.635 bits per heavy atom. The average Bonchev–Trinajstić information content (AvgIpc) is 3.78.